The van der Waals surface area contributed by atoms with Crippen molar-refractivity contribution in [1.82, 2.24) is 4.90 Å². The first-order chi connectivity index (χ1) is 8.16. The Balaban J connectivity index is 1.98. The molecule has 0 radical (unpaired) electrons. The van der Waals surface area contributed by atoms with Crippen molar-refractivity contribution in [3.05, 3.63) is 29.8 Å². The Hall–Kier alpha value is -1.55. The van der Waals surface area contributed by atoms with Gasteiger partial charge in [0.05, 0.1) is 6.10 Å². The van der Waals surface area contributed by atoms with Gasteiger partial charge in [-0.1, -0.05) is 6.07 Å². The second-order valence-corrected chi connectivity index (χ2v) is 4.37. The van der Waals surface area contributed by atoms with Gasteiger partial charge in [0.25, 0.3) is 5.91 Å². The van der Waals surface area contributed by atoms with Gasteiger partial charge in [-0.05, 0) is 31.0 Å². The van der Waals surface area contributed by atoms with Crippen LogP contribution in [0.2, 0.25) is 0 Å². The molecular formula is C13H17NO3. The molecule has 1 aliphatic heterocycles. The Morgan fingerprint density at radius 1 is 1.59 bits per heavy atom. The quantitative estimate of drug-likeness (QED) is 0.866. The second-order valence-electron chi connectivity index (χ2n) is 4.37. The third-order valence-corrected chi connectivity index (χ3v) is 2.94. The van der Waals surface area contributed by atoms with Crippen molar-refractivity contribution < 1.29 is 14.6 Å². The van der Waals surface area contributed by atoms with E-state index in [1.165, 1.54) is 6.07 Å². The van der Waals surface area contributed by atoms with Crippen molar-refractivity contribution in [1.29, 1.82) is 0 Å². The molecule has 1 heterocycles. The first kappa shape index (κ1) is 11.9. The number of amides is 1. The van der Waals surface area contributed by atoms with Crippen LogP contribution in [-0.2, 0) is 4.74 Å². The molecule has 1 N–H and O–H groups in total. The van der Waals surface area contributed by atoms with E-state index in [-0.39, 0.29) is 17.8 Å². The number of hydrogen-bond donors (Lipinski definition) is 1. The summed E-state index contributed by atoms with van der Waals surface area (Å²) in [5, 5.41) is 9.33. The van der Waals surface area contributed by atoms with Crippen molar-refractivity contribution >= 4 is 5.91 Å². The smallest absolute Gasteiger partial charge is 0.253 e. The van der Waals surface area contributed by atoms with E-state index in [9.17, 15) is 9.90 Å². The van der Waals surface area contributed by atoms with Crippen LogP contribution in [0.25, 0.3) is 0 Å². The number of hydrogen-bond acceptors (Lipinski definition) is 3. The lowest BCUT2D eigenvalue weighted by Crippen LogP contribution is -2.34. The van der Waals surface area contributed by atoms with Crippen LogP contribution < -0.4 is 0 Å². The lowest BCUT2D eigenvalue weighted by Gasteiger charge is -2.20. The second kappa shape index (κ2) is 5.19. The SMILES string of the molecule is CN(CC1CCCO1)C(=O)c1cccc(O)c1. The minimum absolute atomic E-state index is 0.0867. The van der Waals surface area contributed by atoms with E-state index in [0.29, 0.717) is 12.1 Å². The van der Waals surface area contributed by atoms with Crippen molar-refractivity contribution in [3.63, 3.8) is 0 Å². The number of ether oxygens (including phenoxy) is 1. The molecule has 0 spiro atoms. The van der Waals surface area contributed by atoms with E-state index in [4.69, 9.17) is 4.74 Å². The van der Waals surface area contributed by atoms with E-state index in [2.05, 4.69) is 0 Å². The first-order valence-electron chi connectivity index (χ1n) is 5.83. The monoisotopic (exact) mass is 235 g/mol. The molecule has 0 saturated carbocycles. The molecule has 1 aliphatic rings. The Bertz CT molecular complexity index is 399. The van der Waals surface area contributed by atoms with Crippen LogP contribution in [0.5, 0.6) is 5.75 Å². The summed E-state index contributed by atoms with van der Waals surface area (Å²) in [4.78, 5) is 13.7. The number of rotatable bonds is 3. The van der Waals surface area contributed by atoms with Gasteiger partial charge < -0.3 is 14.7 Å². The van der Waals surface area contributed by atoms with Gasteiger partial charge >= 0.3 is 0 Å². The minimum Gasteiger partial charge on any atom is -0.508 e. The topological polar surface area (TPSA) is 49.8 Å². The molecule has 1 aromatic carbocycles. The number of benzene rings is 1. The zero-order chi connectivity index (χ0) is 12.3. The maximum atomic E-state index is 12.0. The maximum absolute atomic E-state index is 12.0. The number of aromatic hydroxyl groups is 1. The molecule has 1 atom stereocenters. The standard InChI is InChI=1S/C13H17NO3/c1-14(9-12-6-3-7-17-12)13(16)10-4-2-5-11(15)8-10/h2,4-5,8,12,15H,3,6-7,9H2,1H3. The molecule has 0 aromatic heterocycles. The van der Waals surface area contributed by atoms with Crippen LogP contribution in [0.4, 0.5) is 0 Å². The summed E-state index contributed by atoms with van der Waals surface area (Å²) in [7, 11) is 1.76. The minimum atomic E-state index is -0.0867. The van der Waals surface area contributed by atoms with Crippen LogP contribution in [0.1, 0.15) is 23.2 Å². The van der Waals surface area contributed by atoms with Crippen LogP contribution in [0.15, 0.2) is 24.3 Å². The zero-order valence-electron chi connectivity index (χ0n) is 9.93. The summed E-state index contributed by atoms with van der Waals surface area (Å²) in [6.45, 7) is 1.40. The van der Waals surface area contributed by atoms with E-state index in [0.717, 1.165) is 19.4 Å². The van der Waals surface area contributed by atoms with Gasteiger partial charge in [0.15, 0.2) is 0 Å². The van der Waals surface area contributed by atoms with Gasteiger partial charge in [-0.15, -0.1) is 0 Å². The van der Waals surface area contributed by atoms with Crippen LogP contribution in [-0.4, -0.2) is 42.2 Å². The molecule has 1 saturated heterocycles. The Labute approximate surface area is 101 Å². The number of phenols is 1. The number of carbonyl (C=O) groups is 1. The van der Waals surface area contributed by atoms with Gasteiger partial charge in [0.2, 0.25) is 0 Å². The highest BCUT2D eigenvalue weighted by molar-refractivity contribution is 5.94. The van der Waals surface area contributed by atoms with Gasteiger partial charge in [-0.3, -0.25) is 4.79 Å². The zero-order valence-corrected chi connectivity index (χ0v) is 9.93. The molecule has 0 aliphatic carbocycles. The van der Waals surface area contributed by atoms with E-state index in [1.54, 1.807) is 30.1 Å². The molecule has 92 valence electrons. The summed E-state index contributed by atoms with van der Waals surface area (Å²) in [6.07, 6.45) is 2.23. The average molecular weight is 235 g/mol. The van der Waals surface area contributed by atoms with Gasteiger partial charge in [0.1, 0.15) is 5.75 Å². The third-order valence-electron chi connectivity index (χ3n) is 2.94. The van der Waals surface area contributed by atoms with Crippen molar-refractivity contribution in [2.45, 2.75) is 18.9 Å². The van der Waals surface area contributed by atoms with Crippen molar-refractivity contribution in [3.8, 4) is 5.75 Å². The number of nitrogens with zero attached hydrogens (tertiary/aromatic N) is 1. The van der Waals surface area contributed by atoms with Crippen molar-refractivity contribution in [2.24, 2.45) is 0 Å². The molecule has 0 bridgehead atoms. The molecular weight excluding hydrogens is 218 g/mol. The summed E-state index contributed by atoms with van der Waals surface area (Å²) in [6, 6.07) is 6.40. The molecule has 4 heteroatoms. The normalized spacial score (nSPS) is 19.2. The highest BCUT2D eigenvalue weighted by atomic mass is 16.5. The van der Waals surface area contributed by atoms with Crippen LogP contribution >= 0.6 is 0 Å². The van der Waals surface area contributed by atoms with Crippen LogP contribution in [0, 0.1) is 0 Å². The first-order valence-corrected chi connectivity index (χ1v) is 5.83. The predicted molar refractivity (Wildman–Crippen MR) is 64.0 cm³/mol. The highest BCUT2D eigenvalue weighted by Crippen LogP contribution is 2.16. The summed E-state index contributed by atoms with van der Waals surface area (Å²) >= 11 is 0. The fourth-order valence-electron chi connectivity index (χ4n) is 2.04. The van der Waals surface area contributed by atoms with Gasteiger partial charge in [-0.25, -0.2) is 0 Å². The number of likely N-dealkylation sites (N-methyl/N-ethyl adjacent to an activating group) is 1. The molecule has 17 heavy (non-hydrogen) atoms. The van der Waals surface area contributed by atoms with Crippen LogP contribution in [0.3, 0.4) is 0 Å². The van der Waals surface area contributed by atoms with E-state index >= 15 is 0 Å². The molecule has 4 nitrogen and oxygen atoms in total. The third kappa shape index (κ3) is 2.97. The lowest BCUT2D eigenvalue weighted by atomic mass is 10.1. The van der Waals surface area contributed by atoms with E-state index < -0.39 is 0 Å². The Morgan fingerprint density at radius 2 is 2.41 bits per heavy atom. The average Bonchev–Trinajstić information content (AvgIpc) is 2.80. The fourth-order valence-corrected chi connectivity index (χ4v) is 2.04. The lowest BCUT2D eigenvalue weighted by molar-refractivity contribution is 0.0587. The Kier molecular flexibility index (Phi) is 3.64. The summed E-state index contributed by atoms with van der Waals surface area (Å²) in [5.74, 6) is 0.0257. The van der Waals surface area contributed by atoms with Gasteiger partial charge in [0, 0.05) is 25.8 Å². The Morgan fingerprint density at radius 3 is 3.06 bits per heavy atom. The molecule has 1 fully saturated rings. The highest BCUT2D eigenvalue weighted by Gasteiger charge is 2.20. The summed E-state index contributed by atoms with van der Waals surface area (Å²) < 4.78 is 5.49. The largest absolute Gasteiger partial charge is 0.508 e. The van der Waals surface area contributed by atoms with Gasteiger partial charge in [-0.2, -0.15) is 0 Å². The predicted octanol–water partition coefficient (Wildman–Crippen LogP) is 1.64. The number of phenolic OH excluding ortho intramolecular Hbond substituents is 1. The maximum Gasteiger partial charge on any atom is 0.253 e. The molecule has 1 amide bonds. The fraction of sp³-hybridized carbons (Fsp3) is 0.462. The molecule has 1 aromatic rings. The molecule has 1 unspecified atom stereocenters. The summed E-state index contributed by atoms with van der Waals surface area (Å²) in [5.41, 5.74) is 0.505. The molecule has 2 rings (SSSR count). The van der Waals surface area contributed by atoms with E-state index in [1.807, 2.05) is 0 Å². The number of carbonyl (C=O) groups excluding carboxylic acids is 1. The van der Waals surface area contributed by atoms with Crippen molar-refractivity contribution in [2.75, 3.05) is 20.2 Å².